The molecule has 0 radical (unpaired) electrons. The highest BCUT2D eigenvalue weighted by atomic mass is 16.4. The number of carboxylic acids is 1. The number of phenolic OH excluding ortho intramolecular Hbond substituents is 2. The average Bonchev–Trinajstić information content (AvgIpc) is 2.62. The van der Waals surface area contributed by atoms with Crippen LogP contribution in [-0.2, 0) is 23.1 Å². The summed E-state index contributed by atoms with van der Waals surface area (Å²) in [6.45, 7) is 10.5. The van der Waals surface area contributed by atoms with E-state index in [2.05, 4.69) is 27.7 Å². The van der Waals surface area contributed by atoms with Crippen LogP contribution in [0.1, 0.15) is 69.7 Å². The van der Waals surface area contributed by atoms with Crippen LogP contribution in [-0.4, -0.2) is 21.3 Å². The van der Waals surface area contributed by atoms with Gasteiger partial charge in [-0.2, -0.15) is 0 Å². The minimum Gasteiger partial charge on any atom is -0.508 e. The number of benzene rings is 2. The third-order valence-electron chi connectivity index (χ3n) is 5.53. The van der Waals surface area contributed by atoms with Gasteiger partial charge in [0.05, 0.1) is 0 Å². The van der Waals surface area contributed by atoms with E-state index < -0.39 is 11.4 Å². The van der Waals surface area contributed by atoms with E-state index in [1.54, 1.807) is 12.1 Å². The molecule has 0 unspecified atom stereocenters. The average molecular weight is 399 g/mol. The Balaban J connectivity index is 2.58. The Morgan fingerprint density at radius 2 is 1.28 bits per heavy atom. The lowest BCUT2D eigenvalue weighted by Gasteiger charge is -2.32. The lowest BCUT2D eigenvalue weighted by Crippen LogP contribution is -2.25. The molecule has 29 heavy (non-hydrogen) atoms. The Morgan fingerprint density at radius 3 is 1.62 bits per heavy atom. The fourth-order valence-electron chi connectivity index (χ4n) is 3.88. The molecule has 0 amide bonds. The van der Waals surface area contributed by atoms with E-state index in [0.29, 0.717) is 18.3 Å². The first-order chi connectivity index (χ1) is 13.5. The fourth-order valence-corrected chi connectivity index (χ4v) is 3.88. The molecule has 0 saturated carbocycles. The molecule has 0 spiro atoms. The first-order valence-electron chi connectivity index (χ1n) is 10.4. The van der Waals surface area contributed by atoms with Crippen LogP contribution in [0.5, 0.6) is 11.5 Å². The molecule has 2 rings (SSSR count). The number of aromatic hydroxyl groups is 2. The quantitative estimate of drug-likeness (QED) is 0.509. The first kappa shape index (κ1) is 22.8. The van der Waals surface area contributed by atoms with Gasteiger partial charge in [-0.25, -0.2) is 0 Å². The molecule has 158 valence electrons. The van der Waals surface area contributed by atoms with Crippen molar-refractivity contribution in [1.82, 2.24) is 0 Å². The zero-order valence-corrected chi connectivity index (χ0v) is 18.2. The lowest BCUT2D eigenvalue weighted by molar-refractivity contribution is -0.137. The maximum Gasteiger partial charge on any atom is 0.303 e. The number of aliphatic carboxylic acids is 1. The molecule has 0 aromatic heterocycles. The lowest BCUT2D eigenvalue weighted by atomic mass is 9.71. The molecule has 0 fully saturated rings. The van der Waals surface area contributed by atoms with E-state index in [0.717, 1.165) is 35.1 Å². The van der Waals surface area contributed by atoms with Crippen molar-refractivity contribution in [3.05, 3.63) is 58.7 Å². The number of carboxylic acid groups (broad SMARTS) is 1. The molecule has 0 saturated heterocycles. The van der Waals surface area contributed by atoms with Crippen LogP contribution in [0.3, 0.4) is 0 Å². The van der Waals surface area contributed by atoms with Crippen LogP contribution in [0.25, 0.3) is 0 Å². The van der Waals surface area contributed by atoms with Crippen molar-refractivity contribution in [2.75, 3.05) is 0 Å². The summed E-state index contributed by atoms with van der Waals surface area (Å²) in [5.41, 5.74) is 3.17. The molecule has 0 aliphatic carbocycles. The monoisotopic (exact) mass is 398 g/mol. The van der Waals surface area contributed by atoms with Gasteiger partial charge < -0.3 is 15.3 Å². The Labute approximate surface area is 174 Å². The van der Waals surface area contributed by atoms with Gasteiger partial charge in [-0.1, -0.05) is 58.9 Å². The van der Waals surface area contributed by atoms with Gasteiger partial charge in [-0.3, -0.25) is 4.79 Å². The highest BCUT2D eigenvalue weighted by Crippen LogP contribution is 2.40. The molecule has 4 nitrogen and oxygen atoms in total. The van der Waals surface area contributed by atoms with Crippen molar-refractivity contribution >= 4 is 5.97 Å². The maximum absolute atomic E-state index is 11.4. The Kier molecular flexibility index (Phi) is 7.34. The zero-order valence-electron chi connectivity index (χ0n) is 18.2. The van der Waals surface area contributed by atoms with Crippen LogP contribution in [0.4, 0.5) is 0 Å². The van der Waals surface area contributed by atoms with Crippen molar-refractivity contribution < 1.29 is 20.1 Å². The van der Waals surface area contributed by atoms with Crippen molar-refractivity contribution in [3.63, 3.8) is 0 Å². The molecule has 0 atom stereocenters. The topological polar surface area (TPSA) is 77.8 Å². The number of rotatable bonds is 9. The van der Waals surface area contributed by atoms with E-state index in [4.69, 9.17) is 0 Å². The van der Waals surface area contributed by atoms with Crippen molar-refractivity contribution in [2.45, 2.75) is 65.7 Å². The highest BCUT2D eigenvalue weighted by molar-refractivity contribution is 5.67. The summed E-state index contributed by atoms with van der Waals surface area (Å²) in [4.78, 5) is 11.4. The summed E-state index contributed by atoms with van der Waals surface area (Å²) >= 11 is 0. The molecular weight excluding hydrogens is 364 g/mol. The minimum absolute atomic E-state index is 0.0390. The summed E-state index contributed by atoms with van der Waals surface area (Å²) in [6, 6.07) is 11.2. The first-order valence-corrected chi connectivity index (χ1v) is 10.4. The summed E-state index contributed by atoms with van der Waals surface area (Å²) in [5, 5.41) is 29.9. The van der Waals surface area contributed by atoms with Gasteiger partial charge in [0.1, 0.15) is 11.5 Å². The summed E-state index contributed by atoms with van der Waals surface area (Å²) in [5.74, 6) is 0.502. The highest BCUT2D eigenvalue weighted by Gasteiger charge is 2.31. The third kappa shape index (κ3) is 5.75. The molecule has 2 aromatic rings. The predicted molar refractivity (Wildman–Crippen MR) is 117 cm³/mol. The SMILES string of the molecule is CC(C)Cc1cc(C(C)(CCC(=O)O)c2ccc(O)c(CC(C)C)c2)ccc1O. The van der Waals surface area contributed by atoms with Crippen LogP contribution in [0, 0.1) is 11.8 Å². The van der Waals surface area contributed by atoms with Gasteiger partial charge in [0.15, 0.2) is 0 Å². The fraction of sp³-hybridized carbons (Fsp3) is 0.480. The van der Waals surface area contributed by atoms with E-state index in [1.165, 1.54) is 0 Å². The molecule has 4 heteroatoms. The maximum atomic E-state index is 11.4. The zero-order chi connectivity index (χ0) is 21.8. The van der Waals surface area contributed by atoms with E-state index in [9.17, 15) is 20.1 Å². The summed E-state index contributed by atoms with van der Waals surface area (Å²) < 4.78 is 0. The molecular formula is C25H34O4. The molecule has 0 aliphatic rings. The van der Waals surface area contributed by atoms with Gasteiger partial charge in [0.25, 0.3) is 0 Å². The third-order valence-corrected chi connectivity index (χ3v) is 5.53. The normalized spacial score (nSPS) is 12.0. The summed E-state index contributed by atoms with van der Waals surface area (Å²) in [6.07, 6.45) is 1.98. The number of carbonyl (C=O) groups is 1. The molecule has 0 aliphatic heterocycles. The van der Waals surface area contributed by atoms with Crippen molar-refractivity contribution in [3.8, 4) is 11.5 Å². The van der Waals surface area contributed by atoms with Crippen LogP contribution >= 0.6 is 0 Å². The standard InChI is InChI=1S/C25H34O4/c1-16(2)12-18-14-20(6-8-22(18)26)25(5,11-10-24(28)29)21-7-9-23(27)19(15-21)13-17(3)4/h6-9,14-17,26-27H,10-13H2,1-5H3,(H,28,29). The van der Waals surface area contributed by atoms with Gasteiger partial charge >= 0.3 is 5.97 Å². The van der Waals surface area contributed by atoms with Crippen LogP contribution < -0.4 is 0 Å². The van der Waals surface area contributed by atoms with Gasteiger partial charge in [-0.05, 0) is 65.5 Å². The van der Waals surface area contributed by atoms with E-state index in [-0.39, 0.29) is 17.9 Å². The predicted octanol–water partition coefficient (Wildman–Crippen LogP) is 5.67. The molecule has 2 aromatic carbocycles. The smallest absolute Gasteiger partial charge is 0.303 e. The molecule has 3 N–H and O–H groups in total. The Morgan fingerprint density at radius 1 is 0.862 bits per heavy atom. The number of hydrogen-bond acceptors (Lipinski definition) is 3. The van der Waals surface area contributed by atoms with Crippen LogP contribution in [0.15, 0.2) is 36.4 Å². The van der Waals surface area contributed by atoms with Gasteiger partial charge in [0, 0.05) is 11.8 Å². The molecule has 0 heterocycles. The Hall–Kier alpha value is -2.49. The van der Waals surface area contributed by atoms with Crippen molar-refractivity contribution in [1.29, 1.82) is 0 Å². The van der Waals surface area contributed by atoms with Crippen molar-refractivity contribution in [2.24, 2.45) is 11.8 Å². The van der Waals surface area contributed by atoms with E-state index >= 15 is 0 Å². The van der Waals surface area contributed by atoms with Gasteiger partial charge in [-0.15, -0.1) is 0 Å². The Bertz CT molecular complexity index is 792. The second kappa shape index (κ2) is 9.34. The summed E-state index contributed by atoms with van der Waals surface area (Å²) in [7, 11) is 0. The second-order valence-corrected chi connectivity index (χ2v) is 9.11. The number of hydrogen-bond donors (Lipinski definition) is 3. The van der Waals surface area contributed by atoms with Gasteiger partial charge in [0.2, 0.25) is 0 Å². The van der Waals surface area contributed by atoms with E-state index in [1.807, 2.05) is 31.2 Å². The number of phenols is 2. The largest absolute Gasteiger partial charge is 0.508 e. The molecule has 0 bridgehead atoms. The second-order valence-electron chi connectivity index (χ2n) is 9.11. The van der Waals surface area contributed by atoms with Crippen LogP contribution in [0.2, 0.25) is 0 Å². The minimum atomic E-state index is -0.835.